The van der Waals surface area contributed by atoms with Gasteiger partial charge in [-0.25, -0.2) is 0 Å². The number of rotatable bonds is 4. The van der Waals surface area contributed by atoms with E-state index in [-0.39, 0.29) is 11.9 Å². The van der Waals surface area contributed by atoms with Gasteiger partial charge in [-0.1, -0.05) is 47.5 Å². The average molecular weight is 283 g/mol. The van der Waals surface area contributed by atoms with E-state index < -0.39 is 17.3 Å². The third-order valence-corrected chi connectivity index (χ3v) is 4.26. The van der Waals surface area contributed by atoms with Gasteiger partial charge in [0.25, 0.3) is 0 Å². The summed E-state index contributed by atoms with van der Waals surface area (Å²) in [4.78, 5) is 25.7. The lowest BCUT2D eigenvalue weighted by atomic mass is 9.82. The first-order valence-corrected chi connectivity index (χ1v) is 7.68. The molecule has 0 aromatic heterocycles. The lowest BCUT2D eigenvalue weighted by Crippen LogP contribution is -2.51. The van der Waals surface area contributed by atoms with Crippen LogP contribution in [0.3, 0.4) is 0 Å². The lowest BCUT2D eigenvalue weighted by Gasteiger charge is -2.42. The SMILES string of the molecule is CC(CN(C(=O)C(C)(C)C)C1CCCCC1C)C(=O)O. The lowest BCUT2D eigenvalue weighted by molar-refractivity contribution is -0.148. The van der Waals surface area contributed by atoms with E-state index in [1.807, 2.05) is 25.7 Å². The highest BCUT2D eigenvalue weighted by atomic mass is 16.4. The Kier molecular flexibility index (Phi) is 5.60. The molecule has 1 N–H and O–H groups in total. The van der Waals surface area contributed by atoms with Gasteiger partial charge < -0.3 is 10.0 Å². The Labute approximate surface area is 122 Å². The summed E-state index contributed by atoms with van der Waals surface area (Å²) in [6.45, 7) is 9.89. The molecule has 0 spiro atoms. The van der Waals surface area contributed by atoms with Crippen molar-refractivity contribution in [1.82, 2.24) is 4.90 Å². The normalized spacial score (nSPS) is 25.1. The van der Waals surface area contributed by atoms with Gasteiger partial charge in [0.15, 0.2) is 0 Å². The highest BCUT2D eigenvalue weighted by Crippen LogP contribution is 2.31. The maximum Gasteiger partial charge on any atom is 0.308 e. The largest absolute Gasteiger partial charge is 0.481 e. The number of carboxylic acid groups (broad SMARTS) is 1. The van der Waals surface area contributed by atoms with Crippen molar-refractivity contribution in [1.29, 1.82) is 0 Å². The van der Waals surface area contributed by atoms with E-state index >= 15 is 0 Å². The summed E-state index contributed by atoms with van der Waals surface area (Å²) in [7, 11) is 0. The van der Waals surface area contributed by atoms with Crippen LogP contribution in [0.1, 0.15) is 60.3 Å². The highest BCUT2D eigenvalue weighted by molar-refractivity contribution is 5.82. The minimum absolute atomic E-state index is 0.0735. The van der Waals surface area contributed by atoms with E-state index in [0.29, 0.717) is 12.5 Å². The standard InChI is InChI=1S/C16H29NO3/c1-11-8-6-7-9-13(11)17(10-12(2)14(18)19)15(20)16(3,4)5/h11-13H,6-10H2,1-5H3,(H,18,19). The molecule has 0 aromatic rings. The molecule has 1 aliphatic carbocycles. The third kappa shape index (κ3) is 4.22. The smallest absolute Gasteiger partial charge is 0.308 e. The molecular weight excluding hydrogens is 254 g/mol. The molecule has 0 heterocycles. The topological polar surface area (TPSA) is 57.6 Å². The first-order valence-electron chi connectivity index (χ1n) is 7.68. The molecule has 0 bridgehead atoms. The Bertz CT molecular complexity index is 359. The van der Waals surface area contributed by atoms with E-state index in [2.05, 4.69) is 6.92 Å². The maximum absolute atomic E-state index is 12.7. The molecule has 4 nitrogen and oxygen atoms in total. The zero-order valence-electron chi connectivity index (χ0n) is 13.5. The molecular formula is C16H29NO3. The molecule has 3 unspecified atom stereocenters. The van der Waals surface area contributed by atoms with Crippen LogP contribution >= 0.6 is 0 Å². The molecule has 1 amide bonds. The predicted molar refractivity (Wildman–Crippen MR) is 79.4 cm³/mol. The second-order valence-corrected chi connectivity index (χ2v) is 7.28. The molecule has 1 saturated carbocycles. The molecule has 0 aromatic carbocycles. The molecule has 0 saturated heterocycles. The van der Waals surface area contributed by atoms with Crippen LogP contribution in [0, 0.1) is 17.3 Å². The molecule has 0 radical (unpaired) electrons. The second kappa shape index (κ2) is 6.59. The van der Waals surface area contributed by atoms with Gasteiger partial charge >= 0.3 is 5.97 Å². The zero-order valence-corrected chi connectivity index (χ0v) is 13.5. The highest BCUT2D eigenvalue weighted by Gasteiger charge is 2.36. The first kappa shape index (κ1) is 17.0. The van der Waals surface area contributed by atoms with Gasteiger partial charge in [-0.15, -0.1) is 0 Å². The summed E-state index contributed by atoms with van der Waals surface area (Å²) in [5.41, 5.74) is -0.463. The minimum atomic E-state index is -0.833. The zero-order chi connectivity index (χ0) is 15.5. The molecule has 4 heteroatoms. The fourth-order valence-corrected chi connectivity index (χ4v) is 2.93. The maximum atomic E-state index is 12.7. The van der Waals surface area contributed by atoms with Crippen molar-refractivity contribution in [2.75, 3.05) is 6.54 Å². The summed E-state index contributed by atoms with van der Waals surface area (Å²) in [6.07, 6.45) is 4.46. The Morgan fingerprint density at radius 1 is 1.25 bits per heavy atom. The second-order valence-electron chi connectivity index (χ2n) is 7.28. The van der Waals surface area contributed by atoms with Crippen molar-refractivity contribution in [3.63, 3.8) is 0 Å². The van der Waals surface area contributed by atoms with Crippen molar-refractivity contribution in [2.24, 2.45) is 17.3 Å². The van der Waals surface area contributed by atoms with E-state index in [1.54, 1.807) is 6.92 Å². The van der Waals surface area contributed by atoms with Crippen molar-refractivity contribution >= 4 is 11.9 Å². The molecule has 1 aliphatic rings. The fourth-order valence-electron chi connectivity index (χ4n) is 2.93. The molecule has 0 aliphatic heterocycles. The number of hydrogen-bond acceptors (Lipinski definition) is 2. The van der Waals surface area contributed by atoms with Crippen molar-refractivity contribution in [3.05, 3.63) is 0 Å². The number of hydrogen-bond donors (Lipinski definition) is 1. The van der Waals surface area contributed by atoms with Gasteiger partial charge in [-0.05, 0) is 18.8 Å². The number of aliphatic carboxylic acids is 1. The molecule has 116 valence electrons. The molecule has 3 atom stereocenters. The molecule has 20 heavy (non-hydrogen) atoms. The Hall–Kier alpha value is -1.06. The van der Waals surface area contributed by atoms with Crippen LogP contribution in [0.25, 0.3) is 0 Å². The van der Waals surface area contributed by atoms with Crippen LogP contribution < -0.4 is 0 Å². The predicted octanol–water partition coefficient (Wildman–Crippen LogP) is 3.16. The Morgan fingerprint density at radius 2 is 1.80 bits per heavy atom. The summed E-state index contributed by atoms with van der Waals surface area (Å²) in [5, 5.41) is 9.14. The van der Waals surface area contributed by atoms with Crippen LogP contribution in [0.4, 0.5) is 0 Å². The van der Waals surface area contributed by atoms with Crippen LogP contribution in [0.2, 0.25) is 0 Å². The van der Waals surface area contributed by atoms with E-state index in [4.69, 9.17) is 5.11 Å². The van der Waals surface area contributed by atoms with Gasteiger partial charge in [0, 0.05) is 18.0 Å². The Balaban J connectivity index is 2.94. The monoisotopic (exact) mass is 283 g/mol. The van der Waals surface area contributed by atoms with Crippen LogP contribution in [-0.4, -0.2) is 34.5 Å². The fraction of sp³-hybridized carbons (Fsp3) is 0.875. The van der Waals surface area contributed by atoms with Gasteiger partial charge in [0.1, 0.15) is 0 Å². The summed E-state index contributed by atoms with van der Waals surface area (Å²) >= 11 is 0. The molecule has 1 fully saturated rings. The van der Waals surface area contributed by atoms with Gasteiger partial charge in [0.2, 0.25) is 5.91 Å². The van der Waals surface area contributed by atoms with Gasteiger partial charge in [-0.2, -0.15) is 0 Å². The van der Waals surface area contributed by atoms with Crippen LogP contribution in [0.5, 0.6) is 0 Å². The number of carbonyl (C=O) groups excluding carboxylic acids is 1. The number of nitrogens with zero attached hydrogens (tertiary/aromatic N) is 1. The van der Waals surface area contributed by atoms with Crippen molar-refractivity contribution in [2.45, 2.75) is 66.3 Å². The molecule has 1 rings (SSSR count). The number of carbonyl (C=O) groups is 2. The summed E-state index contributed by atoms with van der Waals surface area (Å²) in [5.74, 6) is -0.823. The van der Waals surface area contributed by atoms with E-state index in [0.717, 1.165) is 19.3 Å². The minimum Gasteiger partial charge on any atom is -0.481 e. The van der Waals surface area contributed by atoms with E-state index in [1.165, 1.54) is 6.42 Å². The first-order chi connectivity index (χ1) is 9.14. The van der Waals surface area contributed by atoms with Crippen molar-refractivity contribution in [3.8, 4) is 0 Å². The summed E-state index contributed by atoms with van der Waals surface area (Å²) < 4.78 is 0. The quantitative estimate of drug-likeness (QED) is 0.862. The van der Waals surface area contributed by atoms with Crippen LogP contribution in [0.15, 0.2) is 0 Å². The number of carboxylic acids is 1. The van der Waals surface area contributed by atoms with Crippen molar-refractivity contribution < 1.29 is 14.7 Å². The summed E-state index contributed by atoms with van der Waals surface area (Å²) in [6, 6.07) is 0.192. The van der Waals surface area contributed by atoms with Gasteiger partial charge in [-0.3, -0.25) is 9.59 Å². The van der Waals surface area contributed by atoms with E-state index in [9.17, 15) is 9.59 Å². The average Bonchev–Trinajstić information content (AvgIpc) is 2.34. The Morgan fingerprint density at radius 3 is 2.25 bits per heavy atom. The third-order valence-electron chi connectivity index (χ3n) is 4.26. The van der Waals surface area contributed by atoms with Crippen LogP contribution in [-0.2, 0) is 9.59 Å². The van der Waals surface area contributed by atoms with Gasteiger partial charge in [0.05, 0.1) is 5.92 Å². The number of amides is 1.